The van der Waals surface area contributed by atoms with Crippen LogP contribution in [0.1, 0.15) is 42.7 Å². The largest absolute Gasteiger partial charge is 0.264 e. The molecular weight excluding hydrogens is 504 g/mol. The van der Waals surface area contributed by atoms with E-state index >= 15 is 0 Å². The van der Waals surface area contributed by atoms with Gasteiger partial charge in [-0.15, -0.1) is 0 Å². The van der Waals surface area contributed by atoms with E-state index in [1.165, 1.54) is 30.3 Å². The van der Waals surface area contributed by atoms with Crippen LogP contribution in [0.2, 0.25) is 0 Å². The highest BCUT2D eigenvalue weighted by molar-refractivity contribution is 7.89. The predicted molar refractivity (Wildman–Crippen MR) is 137 cm³/mol. The van der Waals surface area contributed by atoms with Crippen LogP contribution < -0.4 is 4.72 Å². The standard InChI is InChI=1S/C27H30ClF2N3O2S/c28-33(19-23(16-21-4-3-15-31-17-21)22-9-11-24(29)12-10-22)25-13-7-20(8-14-25)18-32-36(34,35)27-6-2-1-5-26(27)30/h1-6,9-12,15,17,20,23,25,32H,7-8,13-14,16,18-19H2. The smallest absolute Gasteiger partial charge is 0.243 e. The first-order valence-electron chi connectivity index (χ1n) is 12.1. The van der Waals surface area contributed by atoms with Crippen molar-refractivity contribution in [2.24, 2.45) is 5.92 Å². The molecule has 0 saturated heterocycles. The Kier molecular flexibility index (Phi) is 9.06. The van der Waals surface area contributed by atoms with Crippen molar-refractivity contribution in [3.8, 4) is 0 Å². The van der Waals surface area contributed by atoms with Crippen molar-refractivity contribution in [2.45, 2.75) is 49.0 Å². The fraction of sp³-hybridized carbons (Fsp3) is 0.370. The Hall–Kier alpha value is -2.39. The maximum absolute atomic E-state index is 13.9. The minimum Gasteiger partial charge on any atom is -0.264 e. The van der Waals surface area contributed by atoms with Gasteiger partial charge in [-0.3, -0.25) is 4.98 Å². The maximum Gasteiger partial charge on any atom is 0.243 e. The van der Waals surface area contributed by atoms with Gasteiger partial charge in [-0.25, -0.2) is 26.3 Å². The second kappa shape index (κ2) is 12.2. The number of pyridine rings is 1. The number of nitrogens with one attached hydrogen (secondary N) is 1. The molecule has 1 aliphatic rings. The number of aromatic nitrogens is 1. The summed E-state index contributed by atoms with van der Waals surface area (Å²) in [5, 5.41) is 0. The molecule has 1 saturated carbocycles. The van der Waals surface area contributed by atoms with Crippen LogP contribution >= 0.6 is 11.8 Å². The van der Waals surface area contributed by atoms with Gasteiger partial charge in [0.05, 0.1) is 0 Å². The third-order valence-corrected chi connectivity index (χ3v) is 8.71. The van der Waals surface area contributed by atoms with E-state index in [0.717, 1.165) is 49.3 Å². The number of hydrogen-bond donors (Lipinski definition) is 1. The van der Waals surface area contributed by atoms with Crippen molar-refractivity contribution in [2.75, 3.05) is 13.1 Å². The van der Waals surface area contributed by atoms with Crippen LogP contribution in [0.5, 0.6) is 0 Å². The molecule has 0 radical (unpaired) electrons. The lowest BCUT2D eigenvalue weighted by Gasteiger charge is -2.34. The molecule has 0 bridgehead atoms. The van der Waals surface area contributed by atoms with E-state index in [1.54, 1.807) is 18.3 Å². The first-order valence-corrected chi connectivity index (χ1v) is 13.9. The summed E-state index contributed by atoms with van der Waals surface area (Å²) in [7, 11) is -3.89. The van der Waals surface area contributed by atoms with Gasteiger partial charge in [-0.05, 0) is 91.3 Å². The summed E-state index contributed by atoms with van der Waals surface area (Å²) >= 11 is 6.79. The number of rotatable bonds is 10. The number of hydrogen-bond acceptors (Lipinski definition) is 4. The molecule has 2 aromatic carbocycles. The van der Waals surface area contributed by atoms with Crippen LogP contribution in [-0.4, -0.2) is 37.0 Å². The molecular formula is C27H30ClF2N3O2S. The Bertz CT molecular complexity index is 1220. The van der Waals surface area contributed by atoms with Crippen LogP contribution in [0.25, 0.3) is 0 Å². The average molecular weight is 534 g/mol. The molecule has 9 heteroatoms. The highest BCUT2D eigenvalue weighted by Gasteiger charge is 2.29. The highest BCUT2D eigenvalue weighted by Crippen LogP contribution is 2.31. The van der Waals surface area contributed by atoms with Gasteiger partial charge >= 0.3 is 0 Å². The first-order chi connectivity index (χ1) is 17.3. The van der Waals surface area contributed by atoms with Gasteiger partial charge in [0.1, 0.15) is 16.5 Å². The summed E-state index contributed by atoms with van der Waals surface area (Å²) in [5.74, 6) is -0.798. The molecule has 36 heavy (non-hydrogen) atoms. The van der Waals surface area contributed by atoms with E-state index in [-0.39, 0.29) is 35.1 Å². The number of halogens is 3. The fourth-order valence-corrected chi connectivity index (χ4v) is 6.34. The SMILES string of the molecule is O=S(=O)(NCC1CCC(N(Cl)CC(Cc2cccnc2)c2ccc(F)cc2)CC1)c1ccccc1F. The van der Waals surface area contributed by atoms with E-state index < -0.39 is 15.8 Å². The molecule has 4 rings (SSSR count). The monoisotopic (exact) mass is 533 g/mol. The topological polar surface area (TPSA) is 62.3 Å². The summed E-state index contributed by atoms with van der Waals surface area (Å²) in [4.78, 5) is 3.88. The molecule has 192 valence electrons. The molecule has 1 heterocycles. The highest BCUT2D eigenvalue weighted by atomic mass is 35.5. The van der Waals surface area contributed by atoms with Crippen LogP contribution in [0, 0.1) is 17.6 Å². The lowest BCUT2D eigenvalue weighted by atomic mass is 9.85. The lowest BCUT2D eigenvalue weighted by Crippen LogP contribution is -2.37. The molecule has 1 N–H and O–H groups in total. The van der Waals surface area contributed by atoms with Crippen molar-refractivity contribution < 1.29 is 17.2 Å². The normalized spacial score (nSPS) is 19.3. The predicted octanol–water partition coefficient (Wildman–Crippen LogP) is 5.68. The van der Waals surface area contributed by atoms with Gasteiger partial charge in [0.15, 0.2) is 0 Å². The zero-order valence-corrected chi connectivity index (χ0v) is 21.4. The Morgan fingerprint density at radius 1 is 1.00 bits per heavy atom. The van der Waals surface area contributed by atoms with E-state index in [9.17, 15) is 17.2 Å². The minimum absolute atomic E-state index is 0.0672. The Labute approximate surface area is 216 Å². The average Bonchev–Trinajstić information content (AvgIpc) is 2.88. The van der Waals surface area contributed by atoms with Crippen molar-refractivity contribution in [1.82, 2.24) is 14.1 Å². The van der Waals surface area contributed by atoms with Gasteiger partial charge in [0, 0.05) is 37.4 Å². The third kappa shape index (κ3) is 7.09. The molecule has 5 nitrogen and oxygen atoms in total. The van der Waals surface area contributed by atoms with Crippen LogP contribution in [0.15, 0.2) is 78.0 Å². The first kappa shape index (κ1) is 26.7. The number of sulfonamides is 1. The second-order valence-corrected chi connectivity index (χ2v) is 11.5. The van der Waals surface area contributed by atoms with Gasteiger partial charge in [-0.2, -0.15) is 0 Å². The molecule has 1 aliphatic carbocycles. The number of nitrogens with zero attached hydrogens (tertiary/aromatic N) is 2. The summed E-state index contributed by atoms with van der Waals surface area (Å²) in [5.41, 5.74) is 2.10. The zero-order valence-electron chi connectivity index (χ0n) is 19.9. The van der Waals surface area contributed by atoms with E-state index in [1.807, 2.05) is 22.7 Å². The maximum atomic E-state index is 13.9. The summed E-state index contributed by atoms with van der Waals surface area (Å²) in [6.07, 6.45) is 7.60. The van der Waals surface area contributed by atoms with Crippen molar-refractivity contribution in [1.29, 1.82) is 0 Å². The van der Waals surface area contributed by atoms with Gasteiger partial charge in [-0.1, -0.05) is 30.3 Å². The summed E-state index contributed by atoms with van der Waals surface area (Å²) in [6, 6.07) is 16.0. The van der Waals surface area contributed by atoms with Crippen molar-refractivity contribution in [3.63, 3.8) is 0 Å². The number of benzene rings is 2. The van der Waals surface area contributed by atoms with Crippen LogP contribution in [0.4, 0.5) is 8.78 Å². The van der Waals surface area contributed by atoms with E-state index in [4.69, 9.17) is 11.8 Å². The molecule has 1 aromatic heterocycles. The molecule has 1 unspecified atom stereocenters. The molecule has 1 atom stereocenters. The fourth-order valence-electron chi connectivity index (χ4n) is 4.78. The Morgan fingerprint density at radius 3 is 2.39 bits per heavy atom. The Balaban J connectivity index is 1.33. The Morgan fingerprint density at radius 2 is 1.72 bits per heavy atom. The van der Waals surface area contributed by atoms with Crippen molar-refractivity contribution >= 4 is 21.8 Å². The van der Waals surface area contributed by atoms with Crippen LogP contribution in [0.3, 0.4) is 0 Å². The molecule has 0 spiro atoms. The van der Waals surface area contributed by atoms with E-state index in [0.29, 0.717) is 6.54 Å². The molecule has 0 amide bonds. The molecule has 0 aliphatic heterocycles. The summed E-state index contributed by atoms with van der Waals surface area (Å²) < 4.78 is 56.8. The second-order valence-electron chi connectivity index (χ2n) is 9.35. The zero-order chi connectivity index (χ0) is 25.5. The molecule has 3 aromatic rings. The minimum atomic E-state index is -3.89. The summed E-state index contributed by atoms with van der Waals surface area (Å²) in [6.45, 7) is 0.863. The van der Waals surface area contributed by atoms with E-state index in [2.05, 4.69) is 9.71 Å². The quantitative estimate of drug-likeness (QED) is 0.341. The third-order valence-electron chi connectivity index (χ3n) is 6.84. The lowest BCUT2D eigenvalue weighted by molar-refractivity contribution is 0.213. The van der Waals surface area contributed by atoms with Gasteiger partial charge < -0.3 is 0 Å². The van der Waals surface area contributed by atoms with Crippen LogP contribution in [-0.2, 0) is 16.4 Å². The molecule has 1 fully saturated rings. The van der Waals surface area contributed by atoms with Crippen molar-refractivity contribution in [3.05, 3.63) is 95.8 Å². The van der Waals surface area contributed by atoms with Gasteiger partial charge in [0.2, 0.25) is 10.0 Å². The van der Waals surface area contributed by atoms with Gasteiger partial charge in [0.25, 0.3) is 0 Å².